The molecule has 0 fully saturated rings. The van der Waals surface area contributed by atoms with Crippen molar-refractivity contribution >= 4 is 21.6 Å². The maximum Gasteiger partial charge on any atom is 0.319 e. The predicted octanol–water partition coefficient (Wildman–Crippen LogP) is 1.74. The Bertz CT molecular complexity index is 600. The summed E-state index contributed by atoms with van der Waals surface area (Å²) < 4.78 is 22.1. The van der Waals surface area contributed by atoms with E-state index in [1.165, 1.54) is 6.26 Å². The van der Waals surface area contributed by atoms with Crippen molar-refractivity contribution in [3.8, 4) is 0 Å². The van der Waals surface area contributed by atoms with Crippen molar-refractivity contribution in [2.45, 2.75) is 6.42 Å². The van der Waals surface area contributed by atoms with E-state index < -0.39 is 9.84 Å². The van der Waals surface area contributed by atoms with Gasteiger partial charge in [0.05, 0.1) is 5.75 Å². The molecule has 5 nitrogen and oxygen atoms in total. The van der Waals surface area contributed by atoms with E-state index in [9.17, 15) is 13.2 Å². The second-order valence-electron chi connectivity index (χ2n) is 4.32. The van der Waals surface area contributed by atoms with Crippen LogP contribution < -0.4 is 10.6 Å². The van der Waals surface area contributed by atoms with Gasteiger partial charge < -0.3 is 10.6 Å². The molecule has 1 rings (SSSR count). The van der Waals surface area contributed by atoms with Crippen molar-refractivity contribution in [1.82, 2.24) is 5.32 Å². The number of urea groups is 1. The lowest BCUT2D eigenvalue weighted by molar-refractivity contribution is 0.253. The molecule has 2 N–H and O–H groups in total. The Morgan fingerprint density at radius 1 is 1.35 bits per heavy atom. The summed E-state index contributed by atoms with van der Waals surface area (Å²) in [5.41, 5.74) is 4.11. The second kappa shape index (κ2) is 7.53. The van der Waals surface area contributed by atoms with E-state index in [1.54, 1.807) is 30.3 Å². The van der Waals surface area contributed by atoms with E-state index in [4.69, 9.17) is 0 Å². The number of amides is 2. The van der Waals surface area contributed by atoms with Gasteiger partial charge in [-0.2, -0.15) is 0 Å². The summed E-state index contributed by atoms with van der Waals surface area (Å²) in [6, 6.07) is 6.75. The quantitative estimate of drug-likeness (QED) is 0.785. The number of rotatable bonds is 6. The maximum absolute atomic E-state index is 11.5. The molecule has 0 saturated carbocycles. The van der Waals surface area contributed by atoms with Crippen molar-refractivity contribution in [2.24, 2.45) is 0 Å². The van der Waals surface area contributed by atoms with Crippen LogP contribution in [0.2, 0.25) is 0 Å². The lowest BCUT2D eigenvalue weighted by Crippen LogP contribution is -2.28. The number of carbonyl (C=O) groups is 1. The van der Waals surface area contributed by atoms with E-state index in [-0.39, 0.29) is 11.8 Å². The molecule has 1 aromatic rings. The van der Waals surface area contributed by atoms with Crippen LogP contribution in [0.3, 0.4) is 0 Å². The Hall–Kier alpha value is -2.04. The Morgan fingerprint density at radius 2 is 2.00 bits per heavy atom. The van der Waals surface area contributed by atoms with Crippen LogP contribution in [0.4, 0.5) is 10.5 Å². The van der Waals surface area contributed by atoms with E-state index in [2.05, 4.69) is 22.9 Å². The maximum atomic E-state index is 11.5. The van der Waals surface area contributed by atoms with E-state index in [1.807, 2.05) is 0 Å². The summed E-state index contributed by atoms with van der Waals surface area (Å²) in [5, 5.41) is 5.27. The molecule has 0 aliphatic heterocycles. The van der Waals surface area contributed by atoms with Crippen LogP contribution in [-0.2, 0) is 16.3 Å². The van der Waals surface area contributed by atoms with Crippen molar-refractivity contribution in [3.05, 3.63) is 48.2 Å². The number of aryl methyl sites for hydroxylation is 1. The summed E-state index contributed by atoms with van der Waals surface area (Å²) in [6.07, 6.45) is 3.29. The van der Waals surface area contributed by atoms with Crippen molar-refractivity contribution in [3.63, 3.8) is 0 Å². The van der Waals surface area contributed by atoms with Crippen LogP contribution in [0.25, 0.3) is 0 Å². The summed E-state index contributed by atoms with van der Waals surface area (Å²) in [6.45, 7) is 3.75. The van der Waals surface area contributed by atoms with Gasteiger partial charge in [0, 0.05) is 18.5 Å². The topological polar surface area (TPSA) is 75.3 Å². The van der Waals surface area contributed by atoms with Gasteiger partial charge in [-0.15, -0.1) is 5.73 Å². The Labute approximate surface area is 119 Å². The molecular formula is C14H18N2O3S. The number of hydrogen-bond donors (Lipinski definition) is 2. The standard InChI is InChI=1S/C14H18N2O3S/c1-3-4-10-15-14(17)16-13-7-5-12(6-8-13)9-11-20(2,18)19/h4-8H,1,9-11H2,2H3,(H2,15,16,17). The molecule has 6 heteroatoms. The van der Waals surface area contributed by atoms with Gasteiger partial charge in [-0.1, -0.05) is 18.7 Å². The monoisotopic (exact) mass is 294 g/mol. The van der Waals surface area contributed by atoms with Gasteiger partial charge in [-0.3, -0.25) is 0 Å². The highest BCUT2D eigenvalue weighted by Gasteiger charge is 2.04. The fourth-order valence-corrected chi connectivity index (χ4v) is 2.06. The van der Waals surface area contributed by atoms with Gasteiger partial charge in [0.25, 0.3) is 0 Å². The lowest BCUT2D eigenvalue weighted by atomic mass is 10.1. The third-order valence-electron chi connectivity index (χ3n) is 2.48. The van der Waals surface area contributed by atoms with Crippen molar-refractivity contribution in [2.75, 3.05) is 23.9 Å². The van der Waals surface area contributed by atoms with E-state index in [0.717, 1.165) is 5.56 Å². The van der Waals surface area contributed by atoms with Crippen LogP contribution in [0.5, 0.6) is 0 Å². The van der Waals surface area contributed by atoms with Gasteiger partial charge in [-0.25, -0.2) is 13.2 Å². The predicted molar refractivity (Wildman–Crippen MR) is 80.6 cm³/mol. The molecular weight excluding hydrogens is 276 g/mol. The average Bonchev–Trinajstić information content (AvgIpc) is 2.37. The Morgan fingerprint density at radius 3 is 2.55 bits per heavy atom. The molecule has 0 radical (unpaired) electrons. The van der Waals surface area contributed by atoms with Crippen LogP contribution >= 0.6 is 0 Å². The Balaban J connectivity index is 2.50. The normalized spacial score (nSPS) is 10.4. The lowest BCUT2D eigenvalue weighted by Gasteiger charge is -2.07. The molecule has 0 spiro atoms. The molecule has 0 atom stereocenters. The van der Waals surface area contributed by atoms with Crippen molar-refractivity contribution < 1.29 is 13.2 Å². The van der Waals surface area contributed by atoms with Gasteiger partial charge in [-0.05, 0) is 30.2 Å². The first-order valence-corrected chi connectivity index (χ1v) is 8.12. The van der Waals surface area contributed by atoms with E-state index >= 15 is 0 Å². The first-order chi connectivity index (χ1) is 9.40. The molecule has 0 saturated heterocycles. The van der Waals surface area contributed by atoms with Crippen LogP contribution in [0.1, 0.15) is 5.56 Å². The minimum absolute atomic E-state index is 0.119. The molecule has 0 unspecified atom stereocenters. The summed E-state index contributed by atoms with van der Waals surface area (Å²) in [4.78, 5) is 11.5. The summed E-state index contributed by atoms with van der Waals surface area (Å²) in [5.74, 6) is 0.119. The number of carbonyl (C=O) groups excluding carboxylic acids is 1. The molecule has 108 valence electrons. The number of hydrogen-bond acceptors (Lipinski definition) is 3. The molecule has 0 bridgehead atoms. The minimum atomic E-state index is -2.96. The third-order valence-corrected chi connectivity index (χ3v) is 3.43. The number of benzene rings is 1. The highest BCUT2D eigenvalue weighted by atomic mass is 32.2. The molecule has 0 aromatic heterocycles. The largest absolute Gasteiger partial charge is 0.334 e. The van der Waals surface area contributed by atoms with Gasteiger partial charge in [0.2, 0.25) is 0 Å². The first kappa shape index (κ1) is 16.0. The number of sulfone groups is 1. The molecule has 0 heterocycles. The fourth-order valence-electron chi connectivity index (χ4n) is 1.45. The summed E-state index contributed by atoms with van der Waals surface area (Å²) in [7, 11) is -2.96. The third kappa shape index (κ3) is 6.78. The smallest absolute Gasteiger partial charge is 0.319 e. The highest BCUT2D eigenvalue weighted by molar-refractivity contribution is 7.90. The first-order valence-electron chi connectivity index (χ1n) is 6.06. The SMILES string of the molecule is C=C=CCNC(=O)Nc1ccc(CCS(C)(=O)=O)cc1. The van der Waals surface area contributed by atoms with Crippen LogP contribution in [0.15, 0.2) is 42.7 Å². The van der Waals surface area contributed by atoms with E-state index in [0.29, 0.717) is 18.7 Å². The van der Waals surface area contributed by atoms with Crippen molar-refractivity contribution in [1.29, 1.82) is 0 Å². The second-order valence-corrected chi connectivity index (χ2v) is 6.58. The molecule has 2 amide bonds. The molecule has 20 heavy (non-hydrogen) atoms. The van der Waals surface area contributed by atoms with Crippen LogP contribution in [0, 0.1) is 0 Å². The minimum Gasteiger partial charge on any atom is -0.334 e. The molecule has 0 aliphatic rings. The van der Waals surface area contributed by atoms with Gasteiger partial charge in [0.1, 0.15) is 9.84 Å². The highest BCUT2D eigenvalue weighted by Crippen LogP contribution is 2.10. The van der Waals surface area contributed by atoms with Gasteiger partial charge >= 0.3 is 6.03 Å². The molecule has 0 aliphatic carbocycles. The average molecular weight is 294 g/mol. The zero-order valence-electron chi connectivity index (χ0n) is 11.3. The zero-order chi connectivity index (χ0) is 15.0. The number of nitrogens with one attached hydrogen (secondary N) is 2. The van der Waals surface area contributed by atoms with Gasteiger partial charge in [0.15, 0.2) is 0 Å². The Kier molecular flexibility index (Phi) is 6.03. The van der Waals surface area contributed by atoms with Crippen LogP contribution in [-0.4, -0.2) is 33.0 Å². The number of anilines is 1. The zero-order valence-corrected chi connectivity index (χ0v) is 12.2. The summed E-state index contributed by atoms with van der Waals surface area (Å²) >= 11 is 0. The fraction of sp³-hybridized carbons (Fsp3) is 0.286. The molecule has 1 aromatic carbocycles.